The van der Waals surface area contributed by atoms with Crippen molar-refractivity contribution in [2.24, 2.45) is 0 Å². The van der Waals surface area contributed by atoms with Crippen molar-refractivity contribution in [2.45, 2.75) is 374 Å². The van der Waals surface area contributed by atoms with Crippen LogP contribution >= 0.6 is 0 Å². The number of allylic oxidation sites excluding steroid dienone is 3. The highest BCUT2D eigenvalue weighted by Crippen LogP contribution is 2.18. The summed E-state index contributed by atoms with van der Waals surface area (Å²) in [6.45, 7) is 6.52. The van der Waals surface area contributed by atoms with E-state index in [9.17, 15) is 14.4 Å². The first-order valence-corrected chi connectivity index (χ1v) is 33.6. The van der Waals surface area contributed by atoms with Gasteiger partial charge in [-0.1, -0.05) is 347 Å². The van der Waals surface area contributed by atoms with Gasteiger partial charge >= 0.3 is 17.9 Å². The summed E-state index contributed by atoms with van der Waals surface area (Å²) < 4.78 is 16.6. The van der Waals surface area contributed by atoms with Crippen LogP contribution in [0.15, 0.2) is 36.5 Å². The van der Waals surface area contributed by atoms with Crippen molar-refractivity contribution in [1.29, 1.82) is 0 Å². The molecule has 0 atom stereocenters. The Kier molecular flexibility index (Phi) is 62.1. The van der Waals surface area contributed by atoms with Crippen LogP contribution in [-0.4, -0.2) is 37.2 Å². The average molecular weight is 1050 g/mol. The van der Waals surface area contributed by atoms with E-state index in [2.05, 4.69) is 20.8 Å². The van der Waals surface area contributed by atoms with E-state index in [0.29, 0.717) is 0 Å². The normalized spacial score (nSPS) is 11.8. The van der Waals surface area contributed by atoms with Gasteiger partial charge in [-0.25, -0.2) is 14.4 Å². The minimum Gasteiger partial charge on any atom is -0.458 e. The van der Waals surface area contributed by atoms with Crippen molar-refractivity contribution >= 4 is 17.9 Å². The Labute approximate surface area is 467 Å². The van der Waals surface area contributed by atoms with Gasteiger partial charge in [0.15, 0.2) is 6.10 Å². The Bertz CT molecular complexity index is 1190. The molecule has 0 heterocycles. The molecule has 0 amide bonds. The molecule has 0 unspecified atom stereocenters. The van der Waals surface area contributed by atoms with E-state index in [1.54, 1.807) is 0 Å². The molecule has 0 aliphatic carbocycles. The van der Waals surface area contributed by atoms with Gasteiger partial charge in [0.2, 0.25) is 0 Å². The van der Waals surface area contributed by atoms with Crippen LogP contribution in [-0.2, 0) is 28.6 Å². The van der Waals surface area contributed by atoms with Gasteiger partial charge in [0.05, 0.1) is 0 Å². The van der Waals surface area contributed by atoms with Crippen LogP contribution in [0, 0.1) is 0 Å². The summed E-state index contributed by atoms with van der Waals surface area (Å²) in [6.07, 6.45) is 80.1. The van der Waals surface area contributed by atoms with Crippen LogP contribution in [0.1, 0.15) is 367 Å². The zero-order chi connectivity index (χ0) is 54.3. The number of carbonyl (C=O) groups excluding carboxylic acids is 3. The maximum absolute atomic E-state index is 12.8. The third-order valence-corrected chi connectivity index (χ3v) is 15.3. The van der Waals surface area contributed by atoms with Gasteiger partial charge in [-0.15, -0.1) is 0 Å². The molecule has 0 aromatic heterocycles. The lowest BCUT2D eigenvalue weighted by Gasteiger charge is -2.16. The number of hydrogen-bond donors (Lipinski definition) is 0. The smallest absolute Gasteiger partial charge is 0.330 e. The molecule has 0 aliphatic heterocycles. The predicted molar refractivity (Wildman–Crippen MR) is 326 cm³/mol. The molecule has 0 saturated carbocycles. The summed E-state index contributed by atoms with van der Waals surface area (Å²) in [6, 6.07) is 0. The highest BCUT2D eigenvalue weighted by Gasteiger charge is 2.17. The first-order chi connectivity index (χ1) is 37.0. The fraction of sp³-hybridized carbons (Fsp3) is 0.870. The summed E-state index contributed by atoms with van der Waals surface area (Å²) in [4.78, 5) is 38.1. The minimum atomic E-state index is -0.882. The van der Waals surface area contributed by atoms with E-state index in [0.717, 1.165) is 44.9 Å². The van der Waals surface area contributed by atoms with E-state index in [-0.39, 0.29) is 13.2 Å². The molecular formula is C69H128O6. The minimum absolute atomic E-state index is 0.169. The summed E-state index contributed by atoms with van der Waals surface area (Å²) in [5.74, 6) is -1.46. The Hall–Kier alpha value is -2.37. The SMILES string of the molecule is CCCCCCCCCCCCCCCCCCC/C=C\C(=O)OCC(COC(=O)/C=C\CCCCCCCCCCCCCCCCCCC)OC(=O)/C=C\CCCCCCCCCCCCCCCCCCC. The Balaban J connectivity index is 4.42. The molecule has 0 aromatic carbocycles. The van der Waals surface area contributed by atoms with Crippen LogP contribution in [0.5, 0.6) is 0 Å². The molecule has 6 nitrogen and oxygen atoms in total. The van der Waals surface area contributed by atoms with E-state index < -0.39 is 24.0 Å². The highest BCUT2D eigenvalue weighted by atomic mass is 16.6. The molecule has 440 valence electrons. The van der Waals surface area contributed by atoms with Gasteiger partial charge < -0.3 is 14.2 Å². The van der Waals surface area contributed by atoms with Gasteiger partial charge in [-0.3, -0.25) is 0 Å². The van der Waals surface area contributed by atoms with Gasteiger partial charge in [0, 0.05) is 18.2 Å². The summed E-state index contributed by atoms with van der Waals surface area (Å²) in [7, 11) is 0. The maximum atomic E-state index is 12.8. The lowest BCUT2D eigenvalue weighted by atomic mass is 10.0. The second-order valence-electron chi connectivity index (χ2n) is 22.9. The van der Waals surface area contributed by atoms with E-state index in [4.69, 9.17) is 14.2 Å². The fourth-order valence-electron chi connectivity index (χ4n) is 10.3. The molecule has 75 heavy (non-hydrogen) atoms. The van der Waals surface area contributed by atoms with Crippen molar-refractivity contribution in [3.63, 3.8) is 0 Å². The third kappa shape index (κ3) is 62.4. The lowest BCUT2D eigenvalue weighted by Crippen LogP contribution is -2.30. The molecule has 0 spiro atoms. The van der Waals surface area contributed by atoms with E-state index in [1.165, 1.54) is 320 Å². The molecule has 0 saturated heterocycles. The summed E-state index contributed by atoms with van der Waals surface area (Å²) in [5.41, 5.74) is 0. The number of esters is 3. The Morgan fingerprint density at radius 3 is 0.627 bits per heavy atom. The average Bonchev–Trinajstić information content (AvgIpc) is 3.41. The molecule has 0 radical (unpaired) electrons. The van der Waals surface area contributed by atoms with Crippen molar-refractivity contribution in [3.8, 4) is 0 Å². The van der Waals surface area contributed by atoms with E-state index in [1.807, 2.05) is 18.2 Å². The van der Waals surface area contributed by atoms with Crippen LogP contribution in [0.2, 0.25) is 0 Å². The lowest BCUT2D eigenvalue weighted by molar-refractivity contribution is -0.160. The van der Waals surface area contributed by atoms with Gasteiger partial charge in [-0.05, 0) is 38.5 Å². The first-order valence-electron chi connectivity index (χ1n) is 33.6. The molecule has 0 rings (SSSR count). The van der Waals surface area contributed by atoms with E-state index >= 15 is 0 Å². The zero-order valence-corrected chi connectivity index (χ0v) is 50.6. The Morgan fingerprint density at radius 2 is 0.427 bits per heavy atom. The summed E-state index contributed by atoms with van der Waals surface area (Å²) in [5, 5.41) is 0. The number of carbonyl (C=O) groups is 3. The van der Waals surface area contributed by atoms with Gasteiger partial charge in [0.25, 0.3) is 0 Å². The second kappa shape index (κ2) is 64.2. The zero-order valence-electron chi connectivity index (χ0n) is 50.6. The summed E-state index contributed by atoms with van der Waals surface area (Å²) >= 11 is 0. The molecule has 0 aromatic rings. The highest BCUT2D eigenvalue weighted by molar-refractivity contribution is 5.83. The predicted octanol–water partition coefficient (Wildman–Crippen LogP) is 22.8. The van der Waals surface area contributed by atoms with Crippen molar-refractivity contribution < 1.29 is 28.6 Å². The van der Waals surface area contributed by atoms with Crippen LogP contribution < -0.4 is 0 Å². The second-order valence-corrected chi connectivity index (χ2v) is 22.9. The quantitative estimate of drug-likeness (QED) is 0.0261. The molecule has 0 aliphatic rings. The molecule has 6 heteroatoms. The number of unbranched alkanes of at least 4 members (excludes halogenated alkanes) is 51. The fourth-order valence-corrected chi connectivity index (χ4v) is 10.3. The van der Waals surface area contributed by atoms with Crippen molar-refractivity contribution in [3.05, 3.63) is 36.5 Å². The number of rotatable bonds is 62. The molecule has 0 N–H and O–H groups in total. The number of ether oxygens (including phenoxy) is 3. The standard InChI is InChI=1S/C69H128O6/c1-4-7-10-13-16-19-22-25-28-31-34-37-40-43-46-49-52-55-58-61-67(70)73-64-66(75-69(72)63-60-57-54-51-48-45-42-39-36-33-30-27-24-21-18-15-12-9-6-3)65-74-68(71)62-59-56-53-50-47-44-41-38-35-32-29-26-23-20-17-14-11-8-5-2/h58-63,66H,4-57,64-65H2,1-3H3/b61-58-,62-59-,63-60-. The van der Waals surface area contributed by atoms with Gasteiger partial charge in [0.1, 0.15) is 13.2 Å². The number of hydrogen-bond acceptors (Lipinski definition) is 6. The molecule has 0 fully saturated rings. The molecular weight excluding hydrogens is 925 g/mol. The topological polar surface area (TPSA) is 78.9 Å². The largest absolute Gasteiger partial charge is 0.458 e. The monoisotopic (exact) mass is 1050 g/mol. The third-order valence-electron chi connectivity index (χ3n) is 15.3. The van der Waals surface area contributed by atoms with Crippen LogP contribution in [0.3, 0.4) is 0 Å². The van der Waals surface area contributed by atoms with Gasteiger partial charge in [-0.2, -0.15) is 0 Å². The van der Waals surface area contributed by atoms with Crippen molar-refractivity contribution in [2.75, 3.05) is 13.2 Å². The van der Waals surface area contributed by atoms with Crippen molar-refractivity contribution in [1.82, 2.24) is 0 Å². The first kappa shape index (κ1) is 72.6. The Morgan fingerprint density at radius 1 is 0.253 bits per heavy atom. The van der Waals surface area contributed by atoms with Crippen LogP contribution in [0.25, 0.3) is 0 Å². The maximum Gasteiger partial charge on any atom is 0.330 e. The molecule has 0 bridgehead atoms. The van der Waals surface area contributed by atoms with Crippen LogP contribution in [0.4, 0.5) is 0 Å².